The van der Waals surface area contributed by atoms with Crippen molar-refractivity contribution in [3.8, 4) is 0 Å². The lowest BCUT2D eigenvalue weighted by atomic mass is 9.77. The van der Waals surface area contributed by atoms with Gasteiger partial charge in [0, 0.05) is 30.0 Å². The predicted octanol–water partition coefficient (Wildman–Crippen LogP) is 4.45. The van der Waals surface area contributed by atoms with Crippen LogP contribution in [0.25, 0.3) is 0 Å². The van der Waals surface area contributed by atoms with Crippen molar-refractivity contribution >= 4 is 17.2 Å². The van der Waals surface area contributed by atoms with Gasteiger partial charge in [-0.15, -0.1) is 11.3 Å². The second kappa shape index (κ2) is 10.7. The number of benzene rings is 1. The van der Waals surface area contributed by atoms with Crippen LogP contribution in [0.4, 0.5) is 8.78 Å². The minimum atomic E-state index is -0.904. The summed E-state index contributed by atoms with van der Waals surface area (Å²) in [5, 5.41) is 19.5. The summed E-state index contributed by atoms with van der Waals surface area (Å²) in [4.78, 5) is 13.1. The van der Waals surface area contributed by atoms with Gasteiger partial charge in [-0.3, -0.25) is 4.79 Å². The lowest BCUT2D eigenvalue weighted by Crippen LogP contribution is -2.53. The van der Waals surface area contributed by atoms with Crippen LogP contribution in [0.5, 0.6) is 0 Å². The second-order valence-electron chi connectivity index (χ2n) is 8.54. The molecule has 0 aliphatic heterocycles. The van der Waals surface area contributed by atoms with Crippen molar-refractivity contribution in [1.29, 1.82) is 0 Å². The third-order valence-corrected chi connectivity index (χ3v) is 7.22. The fourth-order valence-electron chi connectivity index (χ4n) is 4.51. The zero-order valence-corrected chi connectivity index (χ0v) is 19.0. The number of thiophene rings is 1. The normalized spacial score (nSPS) is 17.8. The number of halogens is 2. The molecule has 170 valence electrons. The van der Waals surface area contributed by atoms with Gasteiger partial charge >= 0.3 is 0 Å². The van der Waals surface area contributed by atoms with Gasteiger partial charge in [0.25, 0.3) is 0 Å². The molecule has 3 rings (SSSR count). The van der Waals surface area contributed by atoms with Gasteiger partial charge in [-0.25, -0.2) is 8.78 Å². The van der Waals surface area contributed by atoms with E-state index in [9.17, 15) is 18.7 Å². The summed E-state index contributed by atoms with van der Waals surface area (Å²) in [5.74, 6) is -1.64. The van der Waals surface area contributed by atoms with Crippen LogP contribution in [-0.2, 0) is 23.2 Å². The third-order valence-electron chi connectivity index (χ3n) is 6.14. The van der Waals surface area contributed by atoms with Gasteiger partial charge in [-0.2, -0.15) is 0 Å². The quantitative estimate of drug-likeness (QED) is 0.529. The van der Waals surface area contributed by atoms with Crippen LogP contribution in [0, 0.1) is 11.6 Å². The maximum atomic E-state index is 13.6. The number of nitrogens with one attached hydrogen (secondary N) is 2. The minimum Gasteiger partial charge on any atom is -0.390 e. The van der Waals surface area contributed by atoms with Crippen LogP contribution >= 0.6 is 11.3 Å². The Morgan fingerprint density at radius 2 is 1.84 bits per heavy atom. The fourth-order valence-corrected chi connectivity index (χ4v) is 5.44. The molecule has 7 heteroatoms. The van der Waals surface area contributed by atoms with Crippen molar-refractivity contribution < 1.29 is 18.7 Å². The number of aryl methyl sites for hydroxylation is 1. The highest BCUT2D eigenvalue weighted by Crippen LogP contribution is 2.39. The number of hydrogen-bond acceptors (Lipinski definition) is 4. The number of aliphatic hydroxyl groups excluding tert-OH is 1. The zero-order valence-electron chi connectivity index (χ0n) is 18.2. The molecule has 4 nitrogen and oxygen atoms in total. The maximum absolute atomic E-state index is 13.6. The highest BCUT2D eigenvalue weighted by Gasteiger charge is 2.35. The molecule has 1 aromatic carbocycles. The number of carbonyl (C=O) groups excluding carboxylic acids is 1. The molecule has 2 unspecified atom stereocenters. The van der Waals surface area contributed by atoms with Crippen LogP contribution in [0.3, 0.4) is 0 Å². The SMILES string of the molecule is CCc1cc(C2(NCC(O)C(Cc3cc(F)cc(F)c3)NC(C)=O)CCCCC2)cs1. The number of amides is 1. The maximum Gasteiger partial charge on any atom is 0.217 e. The molecule has 1 saturated carbocycles. The van der Waals surface area contributed by atoms with Gasteiger partial charge < -0.3 is 15.7 Å². The molecular weight excluding hydrogens is 418 g/mol. The van der Waals surface area contributed by atoms with Crippen molar-refractivity contribution in [2.24, 2.45) is 0 Å². The topological polar surface area (TPSA) is 61.4 Å². The Balaban J connectivity index is 1.74. The zero-order chi connectivity index (χ0) is 22.4. The van der Waals surface area contributed by atoms with E-state index in [4.69, 9.17) is 0 Å². The molecule has 2 aromatic rings. The molecule has 1 amide bonds. The molecule has 1 aromatic heterocycles. The molecule has 1 heterocycles. The Labute approximate surface area is 187 Å². The van der Waals surface area contributed by atoms with Crippen molar-refractivity contribution in [2.45, 2.75) is 76.5 Å². The molecule has 1 aliphatic carbocycles. The first kappa shape index (κ1) is 23.8. The first-order chi connectivity index (χ1) is 14.8. The molecule has 31 heavy (non-hydrogen) atoms. The van der Waals surface area contributed by atoms with Crippen molar-refractivity contribution in [3.63, 3.8) is 0 Å². The van der Waals surface area contributed by atoms with Gasteiger partial charge in [0.15, 0.2) is 0 Å². The van der Waals surface area contributed by atoms with Crippen molar-refractivity contribution in [2.75, 3.05) is 6.54 Å². The average molecular weight is 451 g/mol. The van der Waals surface area contributed by atoms with E-state index in [0.29, 0.717) is 5.56 Å². The molecule has 3 N–H and O–H groups in total. The first-order valence-electron chi connectivity index (χ1n) is 11.0. The van der Waals surface area contributed by atoms with E-state index in [-0.39, 0.29) is 24.4 Å². The van der Waals surface area contributed by atoms with Gasteiger partial charge in [0.2, 0.25) is 5.91 Å². The van der Waals surface area contributed by atoms with Crippen LogP contribution in [0.2, 0.25) is 0 Å². The molecule has 0 bridgehead atoms. The smallest absolute Gasteiger partial charge is 0.217 e. The standard InChI is InChI=1S/C24H32F2N2O2S/c1-3-21-12-18(15-31-21)24(7-5-4-6-8-24)27-14-23(30)22(28-16(2)29)11-17-9-19(25)13-20(26)10-17/h9-10,12-13,15,22-23,27,30H,3-8,11,14H2,1-2H3,(H,28,29). The van der Waals surface area contributed by atoms with Crippen LogP contribution in [-0.4, -0.2) is 29.7 Å². The summed E-state index contributed by atoms with van der Waals surface area (Å²) >= 11 is 1.76. The average Bonchev–Trinajstić information content (AvgIpc) is 3.21. The van der Waals surface area contributed by atoms with Gasteiger partial charge in [-0.1, -0.05) is 26.2 Å². The fraction of sp³-hybridized carbons (Fsp3) is 0.542. The summed E-state index contributed by atoms with van der Waals surface area (Å²) in [6.07, 6.45) is 5.69. The molecular formula is C24H32F2N2O2S. The molecule has 0 radical (unpaired) electrons. The predicted molar refractivity (Wildman–Crippen MR) is 120 cm³/mol. The second-order valence-corrected chi connectivity index (χ2v) is 9.53. The molecule has 0 spiro atoms. The van der Waals surface area contributed by atoms with Gasteiger partial charge in [0.1, 0.15) is 11.6 Å². The van der Waals surface area contributed by atoms with Crippen molar-refractivity contribution in [1.82, 2.24) is 10.6 Å². The summed E-state index contributed by atoms with van der Waals surface area (Å²) in [5.41, 5.74) is 1.48. The Kier molecular flexibility index (Phi) is 8.19. The minimum absolute atomic E-state index is 0.141. The Morgan fingerprint density at radius 3 is 2.42 bits per heavy atom. The van der Waals surface area contributed by atoms with Crippen molar-refractivity contribution in [3.05, 3.63) is 57.3 Å². The summed E-state index contributed by atoms with van der Waals surface area (Å²) in [7, 11) is 0. The molecule has 1 fully saturated rings. The Bertz CT molecular complexity index is 860. The number of aliphatic hydroxyl groups is 1. The summed E-state index contributed by atoms with van der Waals surface area (Å²) in [6, 6.07) is 4.89. The largest absolute Gasteiger partial charge is 0.390 e. The molecule has 2 atom stereocenters. The monoisotopic (exact) mass is 450 g/mol. The van der Waals surface area contributed by atoms with Gasteiger partial charge in [-0.05, 0) is 60.4 Å². The molecule has 0 saturated heterocycles. The number of rotatable bonds is 9. The summed E-state index contributed by atoms with van der Waals surface area (Å²) < 4.78 is 27.2. The number of carbonyl (C=O) groups is 1. The van der Waals surface area contributed by atoms with E-state index < -0.39 is 23.8 Å². The summed E-state index contributed by atoms with van der Waals surface area (Å²) in [6.45, 7) is 3.80. The lowest BCUT2D eigenvalue weighted by Gasteiger charge is -2.39. The third kappa shape index (κ3) is 6.34. The van der Waals surface area contributed by atoms with Crippen LogP contribution in [0.1, 0.15) is 62.0 Å². The highest BCUT2D eigenvalue weighted by molar-refractivity contribution is 7.10. The Morgan fingerprint density at radius 1 is 1.16 bits per heavy atom. The highest BCUT2D eigenvalue weighted by atomic mass is 32.1. The van der Waals surface area contributed by atoms with E-state index in [0.717, 1.165) is 38.2 Å². The van der Waals surface area contributed by atoms with E-state index in [2.05, 4.69) is 29.0 Å². The van der Waals surface area contributed by atoms with E-state index in [1.165, 1.54) is 35.9 Å². The first-order valence-corrected chi connectivity index (χ1v) is 11.9. The Hall–Kier alpha value is -1.83. The lowest BCUT2D eigenvalue weighted by molar-refractivity contribution is -0.120. The van der Waals surface area contributed by atoms with E-state index in [1.54, 1.807) is 11.3 Å². The van der Waals surface area contributed by atoms with E-state index in [1.807, 2.05) is 0 Å². The van der Waals surface area contributed by atoms with Crippen LogP contribution < -0.4 is 10.6 Å². The van der Waals surface area contributed by atoms with E-state index >= 15 is 0 Å². The molecule has 1 aliphatic rings. The number of hydrogen-bond donors (Lipinski definition) is 3. The van der Waals surface area contributed by atoms with Crippen LogP contribution in [0.15, 0.2) is 29.6 Å². The van der Waals surface area contributed by atoms with Gasteiger partial charge in [0.05, 0.1) is 12.1 Å².